The van der Waals surface area contributed by atoms with Crippen LogP contribution in [0.1, 0.15) is 44.2 Å². The van der Waals surface area contributed by atoms with Crippen molar-refractivity contribution in [1.29, 1.82) is 0 Å². The number of carbonyl (C=O) groups excluding carboxylic acids is 1. The van der Waals surface area contributed by atoms with E-state index in [1.54, 1.807) is 12.1 Å². The first kappa shape index (κ1) is 33.1. The maximum atomic E-state index is 13.0. The van der Waals surface area contributed by atoms with Crippen molar-refractivity contribution in [2.75, 3.05) is 57.3 Å². The molecular formula is C36H46N4O6. The molecule has 0 aromatic heterocycles. The van der Waals surface area contributed by atoms with Crippen LogP contribution in [0.3, 0.4) is 0 Å². The highest BCUT2D eigenvalue weighted by atomic mass is 16.6. The molecule has 246 valence electrons. The van der Waals surface area contributed by atoms with Crippen LogP contribution in [-0.4, -0.2) is 79.2 Å². The van der Waals surface area contributed by atoms with E-state index in [1.807, 2.05) is 30.9 Å². The van der Waals surface area contributed by atoms with E-state index in [9.17, 15) is 14.9 Å². The smallest absolute Gasteiger partial charge is 0.311 e. The molecule has 2 aliphatic heterocycles. The Hall–Kier alpha value is -4.31. The van der Waals surface area contributed by atoms with E-state index >= 15 is 0 Å². The van der Waals surface area contributed by atoms with Gasteiger partial charge in [0.25, 0.3) is 0 Å². The molecule has 2 aliphatic rings. The summed E-state index contributed by atoms with van der Waals surface area (Å²) in [7, 11) is 0. The summed E-state index contributed by atoms with van der Waals surface area (Å²) in [6.45, 7) is 12.8. The molecule has 0 saturated carbocycles. The van der Waals surface area contributed by atoms with Crippen LogP contribution >= 0.6 is 0 Å². The molecule has 0 radical (unpaired) electrons. The molecule has 2 fully saturated rings. The minimum atomic E-state index is -0.438. The van der Waals surface area contributed by atoms with Crippen LogP contribution in [0.4, 0.5) is 11.4 Å². The van der Waals surface area contributed by atoms with Crippen LogP contribution in [-0.2, 0) is 11.4 Å². The highest BCUT2D eigenvalue weighted by Gasteiger charge is 2.26. The minimum Gasteiger partial charge on any atom is -0.490 e. The lowest BCUT2D eigenvalue weighted by atomic mass is 10.1. The molecule has 5 rings (SSSR count). The Labute approximate surface area is 272 Å². The summed E-state index contributed by atoms with van der Waals surface area (Å²) < 4.78 is 17.8. The molecule has 2 heterocycles. The number of likely N-dealkylation sites (tertiary alicyclic amines) is 1. The Morgan fingerprint density at radius 1 is 0.891 bits per heavy atom. The van der Waals surface area contributed by atoms with Crippen molar-refractivity contribution in [3.8, 4) is 17.2 Å². The zero-order valence-corrected chi connectivity index (χ0v) is 27.2. The van der Waals surface area contributed by atoms with Gasteiger partial charge in [0.2, 0.25) is 11.7 Å². The highest BCUT2D eigenvalue weighted by Crippen LogP contribution is 2.33. The maximum Gasteiger partial charge on any atom is 0.311 e. The van der Waals surface area contributed by atoms with Gasteiger partial charge in [-0.05, 0) is 48.7 Å². The van der Waals surface area contributed by atoms with E-state index in [4.69, 9.17) is 14.2 Å². The predicted molar refractivity (Wildman–Crippen MR) is 179 cm³/mol. The summed E-state index contributed by atoms with van der Waals surface area (Å²) in [6, 6.07) is 21.4. The molecule has 3 aromatic rings. The van der Waals surface area contributed by atoms with Crippen molar-refractivity contribution < 1.29 is 23.9 Å². The molecule has 1 amide bonds. The number of amides is 1. The summed E-state index contributed by atoms with van der Waals surface area (Å²) in [4.78, 5) is 30.7. The minimum absolute atomic E-state index is 0.0506. The van der Waals surface area contributed by atoms with Gasteiger partial charge in [0.1, 0.15) is 24.2 Å². The first-order valence-corrected chi connectivity index (χ1v) is 16.3. The number of nitro groups is 1. The molecular weight excluding hydrogens is 584 g/mol. The standard InChI is InChI=1S/C36H46N4O6/c1-27(2)25-45-35-24-33(12-13-34(35)40(42)43)46-32-14-18-39(19-15-32)36(41)16-17-37-20-22-38(23-21-37)30-8-10-31(11-9-30)44-26-29-6-4-28(3)5-7-29/h4-13,24,27,32H,14-23,25-26H2,1-3H3. The van der Waals surface area contributed by atoms with Gasteiger partial charge < -0.3 is 24.0 Å². The third-order valence-electron chi connectivity index (χ3n) is 8.54. The fourth-order valence-corrected chi connectivity index (χ4v) is 5.75. The lowest BCUT2D eigenvalue weighted by molar-refractivity contribution is -0.385. The Balaban J connectivity index is 0.998. The number of anilines is 1. The van der Waals surface area contributed by atoms with Gasteiger partial charge in [-0.1, -0.05) is 43.7 Å². The van der Waals surface area contributed by atoms with E-state index in [0.717, 1.165) is 56.9 Å². The fourth-order valence-electron chi connectivity index (χ4n) is 5.75. The van der Waals surface area contributed by atoms with Crippen LogP contribution in [0, 0.1) is 23.0 Å². The predicted octanol–water partition coefficient (Wildman–Crippen LogP) is 6.10. The van der Waals surface area contributed by atoms with E-state index in [0.29, 0.717) is 38.5 Å². The van der Waals surface area contributed by atoms with Gasteiger partial charge in [0.05, 0.1) is 11.5 Å². The number of piperidine rings is 1. The van der Waals surface area contributed by atoms with Crippen molar-refractivity contribution in [1.82, 2.24) is 9.80 Å². The topological polar surface area (TPSA) is 97.6 Å². The molecule has 0 unspecified atom stereocenters. The van der Waals surface area contributed by atoms with Gasteiger partial charge in [-0.15, -0.1) is 0 Å². The molecule has 0 N–H and O–H groups in total. The van der Waals surface area contributed by atoms with Crippen molar-refractivity contribution in [3.63, 3.8) is 0 Å². The quantitative estimate of drug-likeness (QED) is 0.165. The number of nitro benzene ring substituents is 1. The van der Waals surface area contributed by atoms with Crippen LogP contribution in [0.5, 0.6) is 17.2 Å². The van der Waals surface area contributed by atoms with Crippen LogP contribution in [0.2, 0.25) is 0 Å². The molecule has 46 heavy (non-hydrogen) atoms. The monoisotopic (exact) mass is 630 g/mol. The molecule has 0 bridgehead atoms. The van der Waals surface area contributed by atoms with E-state index in [2.05, 4.69) is 53.1 Å². The third-order valence-corrected chi connectivity index (χ3v) is 8.54. The first-order chi connectivity index (χ1) is 22.2. The summed E-state index contributed by atoms with van der Waals surface area (Å²) >= 11 is 0. The first-order valence-electron chi connectivity index (χ1n) is 16.3. The van der Waals surface area contributed by atoms with Gasteiger partial charge in [-0.2, -0.15) is 0 Å². The van der Waals surface area contributed by atoms with Crippen molar-refractivity contribution in [2.24, 2.45) is 5.92 Å². The second kappa shape index (κ2) is 15.8. The number of ether oxygens (including phenoxy) is 3. The van der Waals surface area contributed by atoms with Crippen LogP contribution < -0.4 is 19.1 Å². The van der Waals surface area contributed by atoms with Crippen molar-refractivity contribution >= 4 is 17.3 Å². The molecule has 0 aliphatic carbocycles. The van der Waals surface area contributed by atoms with Crippen LogP contribution in [0.15, 0.2) is 66.7 Å². The Kier molecular flexibility index (Phi) is 11.4. The van der Waals surface area contributed by atoms with E-state index < -0.39 is 4.92 Å². The van der Waals surface area contributed by atoms with Gasteiger partial charge >= 0.3 is 5.69 Å². The zero-order valence-electron chi connectivity index (χ0n) is 27.2. The third kappa shape index (κ3) is 9.36. The number of rotatable bonds is 13. The molecule has 3 aromatic carbocycles. The number of piperazine rings is 1. The normalized spacial score (nSPS) is 16.0. The largest absolute Gasteiger partial charge is 0.490 e. The molecule has 2 saturated heterocycles. The summed E-state index contributed by atoms with van der Waals surface area (Å²) in [5, 5.41) is 11.4. The van der Waals surface area contributed by atoms with Crippen LogP contribution in [0.25, 0.3) is 0 Å². The molecule has 10 heteroatoms. The van der Waals surface area contributed by atoms with Gasteiger partial charge in [-0.3, -0.25) is 19.8 Å². The SMILES string of the molecule is Cc1ccc(COc2ccc(N3CCN(CCC(=O)N4CCC(Oc5ccc([N+](=O)[O-])c(OCC(C)C)c5)CC4)CC3)cc2)cc1. The fraction of sp³-hybridized carbons (Fsp3) is 0.472. The maximum absolute atomic E-state index is 13.0. The second-order valence-electron chi connectivity index (χ2n) is 12.6. The number of nitrogens with zero attached hydrogens (tertiary/aromatic N) is 4. The van der Waals surface area contributed by atoms with Gasteiger partial charge in [0.15, 0.2) is 0 Å². The average molecular weight is 631 g/mol. The number of carbonyl (C=O) groups is 1. The summed E-state index contributed by atoms with van der Waals surface area (Å²) in [5.74, 6) is 2.07. The van der Waals surface area contributed by atoms with E-state index in [1.165, 1.54) is 17.3 Å². The van der Waals surface area contributed by atoms with Gasteiger partial charge in [-0.25, -0.2) is 0 Å². The summed E-state index contributed by atoms with van der Waals surface area (Å²) in [6.07, 6.45) is 1.90. The zero-order chi connectivity index (χ0) is 32.5. The highest BCUT2D eigenvalue weighted by molar-refractivity contribution is 5.76. The van der Waals surface area contributed by atoms with Crippen molar-refractivity contribution in [3.05, 3.63) is 88.0 Å². The van der Waals surface area contributed by atoms with Crippen molar-refractivity contribution in [2.45, 2.75) is 52.7 Å². The van der Waals surface area contributed by atoms with E-state index in [-0.39, 0.29) is 29.4 Å². The Bertz CT molecular complexity index is 1430. The lowest BCUT2D eigenvalue weighted by Crippen LogP contribution is -2.48. The number of aryl methyl sites for hydroxylation is 1. The summed E-state index contributed by atoms with van der Waals surface area (Å²) in [5.41, 5.74) is 3.53. The average Bonchev–Trinajstić information content (AvgIpc) is 3.07. The molecule has 10 nitrogen and oxygen atoms in total. The van der Waals surface area contributed by atoms with Gasteiger partial charge in [0, 0.05) is 82.9 Å². The number of benzene rings is 3. The lowest BCUT2D eigenvalue weighted by Gasteiger charge is -2.37. The number of hydrogen-bond acceptors (Lipinski definition) is 8. The molecule has 0 atom stereocenters. The molecule has 0 spiro atoms. The Morgan fingerprint density at radius 3 is 2.22 bits per heavy atom. The Morgan fingerprint density at radius 2 is 1.57 bits per heavy atom. The second-order valence-corrected chi connectivity index (χ2v) is 12.6. The number of hydrogen-bond donors (Lipinski definition) is 0.